The Morgan fingerprint density at radius 1 is 0.500 bits per heavy atom. The smallest absolute Gasteiger partial charge is 0.305 e. The Bertz CT molecular complexity index is 384. The van der Waals surface area contributed by atoms with Gasteiger partial charge in [-0.2, -0.15) is 0 Å². The van der Waals surface area contributed by atoms with Crippen LogP contribution in [0, 0.1) is 0 Å². The van der Waals surface area contributed by atoms with Crippen LogP contribution in [0.25, 0.3) is 0 Å². The van der Waals surface area contributed by atoms with Crippen LogP contribution in [0.5, 0.6) is 0 Å². The molecule has 5 heteroatoms. The fraction of sp³-hybridized carbons (Fsp3) is 0.920. The molecule has 0 aliphatic carbocycles. The van der Waals surface area contributed by atoms with Crippen molar-refractivity contribution in [1.29, 1.82) is 0 Å². The van der Waals surface area contributed by atoms with Crippen LogP contribution in [0.15, 0.2) is 0 Å². The first-order valence-electron chi connectivity index (χ1n) is 12.6. The van der Waals surface area contributed by atoms with Crippen LogP contribution in [0.4, 0.5) is 0 Å². The van der Waals surface area contributed by atoms with Gasteiger partial charge in [-0.15, -0.1) is 0 Å². The summed E-state index contributed by atoms with van der Waals surface area (Å²) in [5.74, 6) is -0.499. The van der Waals surface area contributed by atoms with E-state index in [9.17, 15) is 9.59 Å². The predicted octanol–water partition coefficient (Wildman–Crippen LogP) is 6.76. The standard InChI is InChI=1S/C25H48O5/c1-3-5-6-7-8-9-10-11-12-13-14-15-16-17-21-29-24(26)19-18-20-25(27)30-23-22-28-4-2/h3-23H2,1-2H3. The van der Waals surface area contributed by atoms with Crippen LogP contribution in [-0.2, 0) is 23.8 Å². The zero-order chi connectivity index (χ0) is 22.1. The van der Waals surface area contributed by atoms with Crippen molar-refractivity contribution in [3.8, 4) is 0 Å². The molecule has 0 rings (SSSR count). The quantitative estimate of drug-likeness (QED) is 0.133. The van der Waals surface area contributed by atoms with Gasteiger partial charge in [-0.25, -0.2) is 0 Å². The summed E-state index contributed by atoms with van der Waals surface area (Å²) in [7, 11) is 0. The molecule has 0 aromatic rings. The summed E-state index contributed by atoms with van der Waals surface area (Å²) in [4.78, 5) is 23.1. The normalized spacial score (nSPS) is 10.9. The van der Waals surface area contributed by atoms with Gasteiger partial charge < -0.3 is 14.2 Å². The number of hydrogen-bond acceptors (Lipinski definition) is 5. The maximum Gasteiger partial charge on any atom is 0.305 e. The van der Waals surface area contributed by atoms with E-state index in [0.717, 1.165) is 12.8 Å². The zero-order valence-corrected chi connectivity index (χ0v) is 19.9. The molecule has 30 heavy (non-hydrogen) atoms. The van der Waals surface area contributed by atoms with Gasteiger partial charge >= 0.3 is 11.9 Å². The molecule has 178 valence electrons. The van der Waals surface area contributed by atoms with Gasteiger partial charge in [0.05, 0.1) is 13.2 Å². The van der Waals surface area contributed by atoms with Crippen LogP contribution >= 0.6 is 0 Å². The highest BCUT2D eigenvalue weighted by atomic mass is 16.6. The molecule has 0 atom stereocenters. The van der Waals surface area contributed by atoms with Crippen LogP contribution in [0.2, 0.25) is 0 Å². The summed E-state index contributed by atoms with van der Waals surface area (Å²) in [6.45, 7) is 5.97. The van der Waals surface area contributed by atoms with Crippen molar-refractivity contribution in [3.63, 3.8) is 0 Å². The zero-order valence-electron chi connectivity index (χ0n) is 19.9. The van der Waals surface area contributed by atoms with Crippen molar-refractivity contribution < 1.29 is 23.8 Å². The van der Waals surface area contributed by atoms with Gasteiger partial charge in [0.1, 0.15) is 6.61 Å². The minimum atomic E-state index is -0.283. The van der Waals surface area contributed by atoms with Gasteiger partial charge in [0.15, 0.2) is 0 Å². The van der Waals surface area contributed by atoms with Crippen molar-refractivity contribution in [1.82, 2.24) is 0 Å². The van der Waals surface area contributed by atoms with Gasteiger partial charge in [-0.1, -0.05) is 90.4 Å². The van der Waals surface area contributed by atoms with Gasteiger partial charge in [0.25, 0.3) is 0 Å². The number of esters is 2. The van der Waals surface area contributed by atoms with E-state index in [1.165, 1.54) is 77.0 Å². The van der Waals surface area contributed by atoms with Crippen molar-refractivity contribution >= 4 is 11.9 Å². The largest absolute Gasteiger partial charge is 0.466 e. The minimum Gasteiger partial charge on any atom is -0.466 e. The number of ether oxygens (including phenoxy) is 3. The lowest BCUT2D eigenvalue weighted by molar-refractivity contribution is -0.146. The Kier molecular flexibility index (Phi) is 23.3. The first-order chi connectivity index (χ1) is 14.7. The van der Waals surface area contributed by atoms with E-state index < -0.39 is 0 Å². The van der Waals surface area contributed by atoms with Crippen molar-refractivity contribution in [2.75, 3.05) is 26.4 Å². The molecule has 0 amide bonds. The molecule has 0 fully saturated rings. The van der Waals surface area contributed by atoms with Crippen LogP contribution in [-0.4, -0.2) is 38.4 Å². The lowest BCUT2D eigenvalue weighted by Gasteiger charge is -2.06. The van der Waals surface area contributed by atoms with E-state index in [-0.39, 0.29) is 31.4 Å². The van der Waals surface area contributed by atoms with Crippen molar-refractivity contribution in [2.24, 2.45) is 0 Å². The highest BCUT2D eigenvalue weighted by molar-refractivity contribution is 5.72. The lowest BCUT2D eigenvalue weighted by atomic mass is 10.0. The minimum absolute atomic E-state index is 0.216. The van der Waals surface area contributed by atoms with E-state index >= 15 is 0 Å². The molecule has 0 radical (unpaired) electrons. The molecule has 0 saturated heterocycles. The summed E-state index contributed by atoms with van der Waals surface area (Å²) in [5, 5.41) is 0. The van der Waals surface area contributed by atoms with Crippen LogP contribution in [0.1, 0.15) is 123 Å². The second kappa shape index (κ2) is 24.2. The third-order valence-corrected chi connectivity index (χ3v) is 5.22. The van der Waals surface area contributed by atoms with Gasteiger partial charge in [-0.05, 0) is 19.8 Å². The predicted molar refractivity (Wildman–Crippen MR) is 123 cm³/mol. The molecule has 0 aliphatic rings. The number of rotatable bonds is 23. The first-order valence-corrected chi connectivity index (χ1v) is 12.6. The molecular weight excluding hydrogens is 380 g/mol. The summed E-state index contributed by atoms with van der Waals surface area (Å²) in [6.07, 6.45) is 19.4. The molecule has 5 nitrogen and oxygen atoms in total. The third-order valence-electron chi connectivity index (χ3n) is 5.22. The maximum absolute atomic E-state index is 11.7. The summed E-state index contributed by atoms with van der Waals surface area (Å²) >= 11 is 0. The summed E-state index contributed by atoms with van der Waals surface area (Å²) < 4.78 is 15.3. The summed E-state index contributed by atoms with van der Waals surface area (Å²) in [6, 6.07) is 0. The monoisotopic (exact) mass is 428 g/mol. The molecule has 0 heterocycles. The number of hydrogen-bond donors (Lipinski definition) is 0. The van der Waals surface area contributed by atoms with Crippen LogP contribution in [0.3, 0.4) is 0 Å². The topological polar surface area (TPSA) is 61.8 Å². The van der Waals surface area contributed by atoms with E-state index in [4.69, 9.17) is 14.2 Å². The van der Waals surface area contributed by atoms with E-state index in [1.807, 2.05) is 6.92 Å². The highest BCUT2D eigenvalue weighted by Gasteiger charge is 2.07. The highest BCUT2D eigenvalue weighted by Crippen LogP contribution is 2.13. The molecule has 0 aliphatic heterocycles. The van der Waals surface area contributed by atoms with Gasteiger partial charge in [0, 0.05) is 19.4 Å². The van der Waals surface area contributed by atoms with Gasteiger partial charge in [-0.3, -0.25) is 9.59 Å². The van der Waals surface area contributed by atoms with Crippen molar-refractivity contribution in [2.45, 2.75) is 123 Å². The maximum atomic E-state index is 11.7. The number of carbonyl (C=O) groups excluding carboxylic acids is 2. The van der Waals surface area contributed by atoms with E-state index in [1.54, 1.807) is 0 Å². The average Bonchev–Trinajstić information content (AvgIpc) is 2.74. The van der Waals surface area contributed by atoms with E-state index in [2.05, 4.69) is 6.92 Å². The number of carbonyl (C=O) groups is 2. The SMILES string of the molecule is CCCCCCCCCCCCCCCCOC(=O)CCCC(=O)OCCOCC. The second-order valence-corrected chi connectivity index (χ2v) is 8.09. The molecule has 0 unspecified atom stereocenters. The molecule has 0 aromatic heterocycles. The Morgan fingerprint density at radius 3 is 1.40 bits per heavy atom. The van der Waals surface area contributed by atoms with E-state index in [0.29, 0.717) is 26.2 Å². The Balaban J connectivity index is 3.23. The Morgan fingerprint density at radius 2 is 0.933 bits per heavy atom. The van der Waals surface area contributed by atoms with Gasteiger partial charge in [0.2, 0.25) is 0 Å². The fourth-order valence-electron chi connectivity index (χ4n) is 3.36. The Hall–Kier alpha value is -1.10. The average molecular weight is 429 g/mol. The first kappa shape index (κ1) is 28.9. The fourth-order valence-corrected chi connectivity index (χ4v) is 3.36. The van der Waals surface area contributed by atoms with Crippen LogP contribution < -0.4 is 0 Å². The lowest BCUT2D eigenvalue weighted by Crippen LogP contribution is -2.11. The summed E-state index contributed by atoms with van der Waals surface area (Å²) in [5.41, 5.74) is 0. The molecule has 0 saturated carbocycles. The number of unbranched alkanes of at least 4 members (excludes halogenated alkanes) is 13. The molecule has 0 spiro atoms. The van der Waals surface area contributed by atoms with Crippen molar-refractivity contribution in [3.05, 3.63) is 0 Å². The molecule has 0 bridgehead atoms. The molecule has 0 N–H and O–H groups in total. The molecule has 0 aromatic carbocycles. The molecular formula is C25H48O5. The third kappa shape index (κ3) is 23.2. The second-order valence-electron chi connectivity index (χ2n) is 8.09. The Labute approximate surface area is 185 Å².